The van der Waals surface area contributed by atoms with Crippen LogP contribution in [-0.2, 0) is 0 Å². The normalized spacial score (nSPS) is 12.9. The van der Waals surface area contributed by atoms with Crippen molar-refractivity contribution in [3.63, 3.8) is 0 Å². The summed E-state index contributed by atoms with van der Waals surface area (Å²) in [6.07, 6.45) is -0.274. The fourth-order valence-electron chi connectivity index (χ4n) is 1.31. The van der Waals surface area contributed by atoms with Crippen molar-refractivity contribution in [2.45, 2.75) is 19.4 Å². The summed E-state index contributed by atoms with van der Waals surface area (Å²) in [6, 6.07) is 3.60. The van der Waals surface area contributed by atoms with Crippen LogP contribution in [0.4, 0.5) is 0 Å². The standard InChI is InChI=1S/C10H14BrNO2/c1-6-2-3-7(11)9(10(6)14)8(13)4-5-12/h2-3,8,13-14H,4-5,12H2,1H3. The van der Waals surface area contributed by atoms with Crippen LogP contribution in [-0.4, -0.2) is 16.8 Å². The van der Waals surface area contributed by atoms with Gasteiger partial charge in [0.1, 0.15) is 5.75 Å². The van der Waals surface area contributed by atoms with Gasteiger partial charge in [-0.3, -0.25) is 0 Å². The van der Waals surface area contributed by atoms with Crippen molar-refractivity contribution in [2.24, 2.45) is 5.73 Å². The second-order valence-corrected chi connectivity index (χ2v) is 4.07. The van der Waals surface area contributed by atoms with E-state index in [4.69, 9.17) is 5.73 Å². The largest absolute Gasteiger partial charge is 0.507 e. The molecule has 0 aliphatic rings. The first-order valence-corrected chi connectivity index (χ1v) is 5.23. The summed E-state index contributed by atoms with van der Waals surface area (Å²) in [7, 11) is 0. The molecular formula is C10H14BrNO2. The van der Waals surface area contributed by atoms with E-state index in [0.717, 1.165) is 5.56 Å². The Labute approximate surface area is 91.7 Å². The van der Waals surface area contributed by atoms with Crippen LogP contribution in [0.5, 0.6) is 5.75 Å². The Morgan fingerprint density at radius 2 is 2.14 bits per heavy atom. The molecule has 0 heterocycles. The molecule has 0 saturated carbocycles. The molecule has 0 bridgehead atoms. The lowest BCUT2D eigenvalue weighted by molar-refractivity contribution is 0.165. The van der Waals surface area contributed by atoms with Gasteiger partial charge < -0.3 is 15.9 Å². The fraction of sp³-hybridized carbons (Fsp3) is 0.400. The number of rotatable bonds is 3. The minimum Gasteiger partial charge on any atom is -0.507 e. The molecule has 1 atom stereocenters. The van der Waals surface area contributed by atoms with Crippen molar-refractivity contribution < 1.29 is 10.2 Å². The SMILES string of the molecule is Cc1ccc(Br)c(C(O)CCN)c1O. The minimum atomic E-state index is -0.714. The van der Waals surface area contributed by atoms with Crippen LogP contribution >= 0.6 is 15.9 Å². The highest BCUT2D eigenvalue weighted by Gasteiger charge is 2.16. The van der Waals surface area contributed by atoms with Crippen LogP contribution in [0.1, 0.15) is 23.7 Å². The molecule has 4 heteroatoms. The van der Waals surface area contributed by atoms with Gasteiger partial charge in [-0.25, -0.2) is 0 Å². The van der Waals surface area contributed by atoms with Crippen LogP contribution in [0.15, 0.2) is 16.6 Å². The Kier molecular flexibility index (Phi) is 3.92. The molecule has 14 heavy (non-hydrogen) atoms. The molecule has 0 aromatic heterocycles. The Morgan fingerprint density at radius 1 is 1.50 bits per heavy atom. The summed E-state index contributed by atoms with van der Waals surface area (Å²) in [5, 5.41) is 19.5. The molecule has 0 radical (unpaired) electrons. The second-order valence-electron chi connectivity index (χ2n) is 3.22. The number of aliphatic hydroxyl groups excluding tert-OH is 1. The van der Waals surface area contributed by atoms with Gasteiger partial charge in [-0.2, -0.15) is 0 Å². The summed E-state index contributed by atoms with van der Waals surface area (Å²) in [4.78, 5) is 0. The third-order valence-corrected chi connectivity index (χ3v) is 2.83. The number of halogens is 1. The lowest BCUT2D eigenvalue weighted by Gasteiger charge is -2.15. The van der Waals surface area contributed by atoms with E-state index in [9.17, 15) is 10.2 Å². The van der Waals surface area contributed by atoms with Gasteiger partial charge in [0.15, 0.2) is 0 Å². The van der Waals surface area contributed by atoms with Gasteiger partial charge in [-0.15, -0.1) is 0 Å². The maximum atomic E-state index is 9.74. The number of nitrogens with two attached hydrogens (primary N) is 1. The first-order valence-electron chi connectivity index (χ1n) is 4.44. The lowest BCUT2D eigenvalue weighted by Crippen LogP contribution is -2.07. The number of aliphatic hydroxyl groups is 1. The quantitative estimate of drug-likeness (QED) is 0.776. The van der Waals surface area contributed by atoms with Gasteiger partial charge in [0, 0.05) is 10.0 Å². The predicted octanol–water partition coefficient (Wildman–Crippen LogP) is 1.85. The Hall–Kier alpha value is -0.580. The van der Waals surface area contributed by atoms with Gasteiger partial charge >= 0.3 is 0 Å². The van der Waals surface area contributed by atoms with Crippen molar-refractivity contribution >= 4 is 15.9 Å². The van der Waals surface area contributed by atoms with Crippen molar-refractivity contribution in [1.29, 1.82) is 0 Å². The summed E-state index contributed by atoms with van der Waals surface area (Å²) in [6.45, 7) is 2.18. The zero-order valence-corrected chi connectivity index (χ0v) is 9.58. The molecule has 1 rings (SSSR count). The third kappa shape index (κ3) is 2.26. The van der Waals surface area contributed by atoms with E-state index in [0.29, 0.717) is 23.0 Å². The summed E-state index contributed by atoms with van der Waals surface area (Å²) >= 11 is 3.29. The van der Waals surface area contributed by atoms with Gasteiger partial charge in [-0.05, 0) is 31.5 Å². The molecule has 0 aliphatic heterocycles. The average molecular weight is 260 g/mol. The molecule has 4 N–H and O–H groups in total. The van der Waals surface area contributed by atoms with E-state index < -0.39 is 6.10 Å². The van der Waals surface area contributed by atoms with Crippen molar-refractivity contribution in [3.8, 4) is 5.75 Å². The lowest BCUT2D eigenvalue weighted by atomic mass is 10.0. The summed E-state index contributed by atoms with van der Waals surface area (Å²) in [5.74, 6) is 0.139. The summed E-state index contributed by atoms with van der Waals surface area (Å²) < 4.78 is 0.710. The molecule has 0 fully saturated rings. The van der Waals surface area contributed by atoms with Crippen LogP contribution in [0, 0.1) is 6.92 Å². The first kappa shape index (κ1) is 11.5. The van der Waals surface area contributed by atoms with E-state index in [-0.39, 0.29) is 5.75 Å². The molecule has 1 aromatic carbocycles. The van der Waals surface area contributed by atoms with Crippen LogP contribution in [0.3, 0.4) is 0 Å². The second kappa shape index (κ2) is 4.77. The smallest absolute Gasteiger partial charge is 0.125 e. The monoisotopic (exact) mass is 259 g/mol. The number of aryl methyl sites for hydroxylation is 1. The number of hydrogen-bond donors (Lipinski definition) is 3. The highest BCUT2D eigenvalue weighted by molar-refractivity contribution is 9.10. The minimum absolute atomic E-state index is 0.139. The van der Waals surface area contributed by atoms with Gasteiger partial charge in [0.25, 0.3) is 0 Å². The average Bonchev–Trinajstić information content (AvgIpc) is 2.13. The van der Waals surface area contributed by atoms with Gasteiger partial charge in [0.05, 0.1) is 6.10 Å². The van der Waals surface area contributed by atoms with E-state index in [2.05, 4.69) is 15.9 Å². The molecule has 1 unspecified atom stereocenters. The van der Waals surface area contributed by atoms with Crippen molar-refractivity contribution in [1.82, 2.24) is 0 Å². The highest BCUT2D eigenvalue weighted by atomic mass is 79.9. The highest BCUT2D eigenvalue weighted by Crippen LogP contribution is 2.35. The van der Waals surface area contributed by atoms with Crippen LogP contribution in [0.25, 0.3) is 0 Å². The van der Waals surface area contributed by atoms with E-state index in [1.165, 1.54) is 0 Å². The molecule has 78 valence electrons. The number of benzene rings is 1. The van der Waals surface area contributed by atoms with Crippen molar-refractivity contribution in [3.05, 3.63) is 27.7 Å². The van der Waals surface area contributed by atoms with Crippen LogP contribution in [0.2, 0.25) is 0 Å². The van der Waals surface area contributed by atoms with E-state index >= 15 is 0 Å². The van der Waals surface area contributed by atoms with Crippen LogP contribution < -0.4 is 5.73 Å². The molecule has 0 amide bonds. The molecule has 0 spiro atoms. The van der Waals surface area contributed by atoms with E-state index in [1.807, 2.05) is 6.07 Å². The number of phenolic OH excluding ortho intramolecular Hbond substituents is 1. The van der Waals surface area contributed by atoms with Gasteiger partial charge in [0.2, 0.25) is 0 Å². The number of aromatic hydroxyl groups is 1. The molecular weight excluding hydrogens is 246 g/mol. The molecule has 3 nitrogen and oxygen atoms in total. The topological polar surface area (TPSA) is 66.5 Å². The van der Waals surface area contributed by atoms with Crippen molar-refractivity contribution in [2.75, 3.05) is 6.54 Å². The maximum Gasteiger partial charge on any atom is 0.125 e. The Morgan fingerprint density at radius 3 is 2.71 bits per heavy atom. The zero-order chi connectivity index (χ0) is 10.7. The fourth-order valence-corrected chi connectivity index (χ4v) is 1.90. The number of hydrogen-bond acceptors (Lipinski definition) is 3. The maximum absolute atomic E-state index is 9.74. The Balaban J connectivity index is 3.11. The molecule has 0 saturated heterocycles. The van der Waals surface area contributed by atoms with E-state index in [1.54, 1.807) is 13.0 Å². The zero-order valence-electron chi connectivity index (χ0n) is 8.00. The number of phenols is 1. The van der Waals surface area contributed by atoms with Gasteiger partial charge in [-0.1, -0.05) is 22.0 Å². The Bertz CT molecular complexity index is 328. The molecule has 0 aliphatic carbocycles. The third-order valence-electron chi connectivity index (χ3n) is 2.14. The molecule has 1 aromatic rings. The first-order chi connectivity index (χ1) is 6.57. The predicted molar refractivity (Wildman–Crippen MR) is 59.2 cm³/mol. The summed E-state index contributed by atoms with van der Waals surface area (Å²) in [5.41, 5.74) is 6.62.